The molecule has 7 nitrogen and oxygen atoms in total. The van der Waals surface area contributed by atoms with Crippen LogP contribution in [-0.4, -0.2) is 48.1 Å². The molecule has 0 aromatic rings. The van der Waals surface area contributed by atoms with Crippen LogP contribution in [0, 0.1) is 5.92 Å². The maximum absolute atomic E-state index is 11.3. The maximum Gasteiger partial charge on any atom is 0.333 e. The summed E-state index contributed by atoms with van der Waals surface area (Å²) in [7, 11) is 0. The lowest BCUT2D eigenvalue weighted by molar-refractivity contribution is -0.312. The number of unbranched alkanes of at least 4 members (excludes halogenated alkanes) is 7. The van der Waals surface area contributed by atoms with Gasteiger partial charge in [-0.15, -0.1) is 0 Å². The summed E-state index contributed by atoms with van der Waals surface area (Å²) in [5.41, 5.74) is 0.240. The molecule has 0 bridgehead atoms. The largest absolute Gasteiger partial charge is 0.481 e. The van der Waals surface area contributed by atoms with Crippen LogP contribution in [0.5, 0.6) is 0 Å². The highest BCUT2D eigenvalue weighted by Crippen LogP contribution is 2.14. The van der Waals surface area contributed by atoms with Crippen LogP contribution < -0.4 is 0 Å². The van der Waals surface area contributed by atoms with Crippen molar-refractivity contribution >= 4 is 11.9 Å². The lowest BCUT2D eigenvalue weighted by Crippen LogP contribution is -2.25. The van der Waals surface area contributed by atoms with Gasteiger partial charge in [-0.3, -0.25) is 4.79 Å². The summed E-state index contributed by atoms with van der Waals surface area (Å²) >= 11 is 0. The van der Waals surface area contributed by atoms with E-state index in [-0.39, 0.29) is 25.4 Å². The molecule has 0 heterocycles. The molecular weight excluding hydrogens is 352 g/mol. The first kappa shape index (κ1) is 25.6. The summed E-state index contributed by atoms with van der Waals surface area (Å²) in [5, 5.41) is 18.8. The summed E-state index contributed by atoms with van der Waals surface area (Å²) < 4.78 is 4.77. The molecule has 0 rings (SSSR count). The minimum absolute atomic E-state index is 0.0793. The van der Waals surface area contributed by atoms with Crippen LogP contribution in [0.15, 0.2) is 12.2 Å². The Hall–Kier alpha value is -1.44. The van der Waals surface area contributed by atoms with E-state index in [9.17, 15) is 19.8 Å². The fraction of sp³-hybridized carbons (Fsp3) is 0.800. The molecule has 0 aliphatic carbocycles. The number of carboxylic acid groups (broad SMARTS) is 1. The van der Waals surface area contributed by atoms with Crippen molar-refractivity contribution in [3.63, 3.8) is 0 Å². The molecule has 0 aromatic heterocycles. The van der Waals surface area contributed by atoms with Gasteiger partial charge in [0.2, 0.25) is 0 Å². The van der Waals surface area contributed by atoms with Gasteiger partial charge in [0.25, 0.3) is 0 Å². The first-order valence-electron chi connectivity index (χ1n) is 9.86. The normalized spacial score (nSPS) is 13.1. The van der Waals surface area contributed by atoms with Gasteiger partial charge in [-0.1, -0.05) is 64.9 Å². The van der Waals surface area contributed by atoms with Crippen molar-refractivity contribution in [2.24, 2.45) is 5.92 Å². The fourth-order valence-corrected chi connectivity index (χ4v) is 2.40. The quantitative estimate of drug-likeness (QED) is 0.121. The Bertz CT molecular complexity index is 423. The minimum Gasteiger partial charge on any atom is -0.481 e. The Morgan fingerprint density at radius 2 is 1.48 bits per heavy atom. The van der Waals surface area contributed by atoms with E-state index in [0.29, 0.717) is 6.42 Å². The summed E-state index contributed by atoms with van der Waals surface area (Å²) in [6.45, 7) is 6.59. The van der Waals surface area contributed by atoms with Gasteiger partial charge in [-0.25, -0.2) is 14.6 Å². The molecule has 7 heteroatoms. The van der Waals surface area contributed by atoms with Gasteiger partial charge in [0, 0.05) is 5.57 Å². The Morgan fingerprint density at radius 3 is 2.04 bits per heavy atom. The van der Waals surface area contributed by atoms with E-state index in [2.05, 4.69) is 13.5 Å². The number of aliphatic carboxylic acids is 1. The lowest BCUT2D eigenvalue weighted by atomic mass is 10.0. The Balaban J connectivity index is 3.76. The van der Waals surface area contributed by atoms with Crippen molar-refractivity contribution in [2.45, 2.75) is 77.7 Å². The molecule has 0 saturated carbocycles. The van der Waals surface area contributed by atoms with Crippen LogP contribution in [0.4, 0.5) is 0 Å². The van der Waals surface area contributed by atoms with Gasteiger partial charge < -0.3 is 14.9 Å². The summed E-state index contributed by atoms with van der Waals surface area (Å²) in [6.07, 6.45) is 8.71. The number of esters is 1. The lowest BCUT2D eigenvalue weighted by Gasteiger charge is -2.14. The summed E-state index contributed by atoms with van der Waals surface area (Å²) in [6, 6.07) is 0. The van der Waals surface area contributed by atoms with Crippen LogP contribution in [-0.2, 0) is 24.1 Å². The zero-order valence-corrected chi connectivity index (χ0v) is 16.8. The van der Waals surface area contributed by atoms with Crippen LogP contribution >= 0.6 is 0 Å². The average molecular weight is 389 g/mol. The summed E-state index contributed by atoms with van der Waals surface area (Å²) in [5.74, 6) is -2.15. The van der Waals surface area contributed by atoms with Crippen LogP contribution in [0.25, 0.3) is 0 Å². The van der Waals surface area contributed by atoms with E-state index < -0.39 is 24.0 Å². The molecule has 2 atom stereocenters. The number of aliphatic hydroxyl groups excluding tert-OH is 1. The molecule has 0 aromatic carbocycles. The van der Waals surface area contributed by atoms with E-state index in [1.54, 1.807) is 0 Å². The van der Waals surface area contributed by atoms with E-state index in [0.717, 1.165) is 19.3 Å². The molecule has 0 amide bonds. The smallest absolute Gasteiger partial charge is 0.333 e. The predicted octanol–water partition coefficient (Wildman–Crippen LogP) is 3.65. The second kappa shape index (κ2) is 16.7. The Labute approximate surface area is 162 Å². The van der Waals surface area contributed by atoms with Crippen molar-refractivity contribution in [1.29, 1.82) is 0 Å². The van der Waals surface area contributed by atoms with Crippen molar-refractivity contribution < 1.29 is 34.3 Å². The van der Waals surface area contributed by atoms with E-state index in [4.69, 9.17) is 14.5 Å². The van der Waals surface area contributed by atoms with Crippen molar-refractivity contribution in [3.05, 3.63) is 12.2 Å². The molecule has 2 unspecified atom stereocenters. The SMILES string of the molecule is C=C(C)C(=O)OCC(O)COOCC(CCCCCCCCCC)C(=O)O. The highest BCUT2D eigenvalue weighted by Gasteiger charge is 2.18. The second-order valence-electron chi connectivity index (χ2n) is 6.90. The van der Waals surface area contributed by atoms with Crippen molar-refractivity contribution in [3.8, 4) is 0 Å². The molecule has 0 saturated heterocycles. The van der Waals surface area contributed by atoms with Gasteiger partial charge in [-0.05, 0) is 13.3 Å². The highest BCUT2D eigenvalue weighted by molar-refractivity contribution is 5.86. The third-order valence-electron chi connectivity index (χ3n) is 4.12. The number of hydrogen-bond acceptors (Lipinski definition) is 6. The Morgan fingerprint density at radius 1 is 0.926 bits per heavy atom. The molecule has 27 heavy (non-hydrogen) atoms. The van der Waals surface area contributed by atoms with Gasteiger partial charge in [0.05, 0.1) is 12.5 Å². The minimum atomic E-state index is -1.05. The standard InChI is InChI=1S/C20H36O7/c1-4-5-6-7-8-9-10-11-12-17(19(22)23)13-26-27-15-18(21)14-25-20(24)16(2)3/h17-18,21H,2,4-15H2,1,3H3,(H,22,23). The number of aliphatic hydroxyl groups is 1. The monoisotopic (exact) mass is 388 g/mol. The second-order valence-corrected chi connectivity index (χ2v) is 6.90. The molecule has 0 fully saturated rings. The molecule has 0 aliphatic rings. The predicted molar refractivity (Wildman–Crippen MR) is 102 cm³/mol. The summed E-state index contributed by atoms with van der Waals surface area (Å²) in [4.78, 5) is 32.2. The zero-order valence-electron chi connectivity index (χ0n) is 16.8. The van der Waals surface area contributed by atoms with Crippen LogP contribution in [0.2, 0.25) is 0 Å². The average Bonchev–Trinajstić information content (AvgIpc) is 2.62. The number of ether oxygens (including phenoxy) is 1. The number of rotatable bonds is 18. The van der Waals surface area contributed by atoms with E-state index in [1.807, 2.05) is 0 Å². The van der Waals surface area contributed by atoms with Crippen molar-refractivity contribution in [1.82, 2.24) is 0 Å². The van der Waals surface area contributed by atoms with E-state index >= 15 is 0 Å². The molecule has 158 valence electrons. The van der Waals surface area contributed by atoms with Gasteiger partial charge in [0.1, 0.15) is 19.3 Å². The van der Waals surface area contributed by atoms with Gasteiger partial charge in [-0.2, -0.15) is 0 Å². The fourth-order valence-electron chi connectivity index (χ4n) is 2.40. The molecular formula is C20H36O7. The van der Waals surface area contributed by atoms with Gasteiger partial charge >= 0.3 is 11.9 Å². The Kier molecular flexibility index (Phi) is 15.8. The molecule has 0 spiro atoms. The highest BCUT2D eigenvalue weighted by atomic mass is 17.2. The first-order valence-corrected chi connectivity index (χ1v) is 9.86. The molecule has 0 radical (unpaired) electrons. The number of carbonyl (C=O) groups excluding carboxylic acids is 1. The third-order valence-corrected chi connectivity index (χ3v) is 4.12. The molecule has 0 aliphatic heterocycles. The maximum atomic E-state index is 11.3. The topological polar surface area (TPSA) is 102 Å². The van der Waals surface area contributed by atoms with Crippen LogP contribution in [0.1, 0.15) is 71.6 Å². The van der Waals surface area contributed by atoms with Gasteiger partial charge in [0.15, 0.2) is 0 Å². The number of carbonyl (C=O) groups is 2. The van der Waals surface area contributed by atoms with Crippen LogP contribution in [0.3, 0.4) is 0 Å². The van der Waals surface area contributed by atoms with E-state index in [1.165, 1.54) is 39.0 Å². The zero-order chi connectivity index (χ0) is 20.5. The number of hydrogen-bond donors (Lipinski definition) is 2. The number of carboxylic acids is 1. The molecule has 2 N–H and O–H groups in total. The van der Waals surface area contributed by atoms with Crippen molar-refractivity contribution in [2.75, 3.05) is 19.8 Å². The first-order chi connectivity index (χ1) is 12.9. The third kappa shape index (κ3) is 15.3.